The van der Waals surface area contributed by atoms with Crippen molar-refractivity contribution in [3.05, 3.63) is 64.4 Å². The Balaban J connectivity index is 1.70. The van der Waals surface area contributed by atoms with Gasteiger partial charge in [0.2, 0.25) is 0 Å². The van der Waals surface area contributed by atoms with E-state index in [2.05, 4.69) is 10.6 Å². The Morgan fingerprint density at radius 2 is 2.04 bits per heavy atom. The third-order valence-corrected chi connectivity index (χ3v) is 3.73. The van der Waals surface area contributed by atoms with Gasteiger partial charge in [-0.15, -0.1) is 0 Å². The van der Waals surface area contributed by atoms with Gasteiger partial charge in [-0.2, -0.15) is 0 Å². The van der Waals surface area contributed by atoms with Crippen LogP contribution in [-0.4, -0.2) is 10.6 Å². The van der Waals surface area contributed by atoms with E-state index >= 15 is 0 Å². The summed E-state index contributed by atoms with van der Waals surface area (Å²) in [7, 11) is 0. The number of nitrogens with zero attached hydrogens (tertiary/aromatic N) is 1. The highest BCUT2D eigenvalue weighted by Crippen LogP contribution is 2.20. The maximum atomic E-state index is 13.1. The largest absolute Gasteiger partial charge is 0.420 e. The van der Waals surface area contributed by atoms with Gasteiger partial charge < -0.3 is 15.1 Å². The molecule has 0 saturated heterocycles. The second kappa shape index (κ2) is 6.80. The summed E-state index contributed by atoms with van der Waals surface area (Å²) in [6.45, 7) is 3.98. The highest BCUT2D eigenvalue weighted by Gasteiger charge is 2.13. The van der Waals surface area contributed by atoms with E-state index in [4.69, 9.17) is 4.42 Å². The van der Waals surface area contributed by atoms with Gasteiger partial charge >= 0.3 is 11.8 Å². The molecule has 0 aliphatic carbocycles. The van der Waals surface area contributed by atoms with Gasteiger partial charge in [0, 0.05) is 24.3 Å². The zero-order chi connectivity index (χ0) is 18.0. The Hall–Kier alpha value is -3.09. The molecule has 25 heavy (non-hydrogen) atoms. The highest BCUT2D eigenvalue weighted by molar-refractivity contribution is 5.91. The van der Waals surface area contributed by atoms with Crippen LogP contribution in [0.1, 0.15) is 25.5 Å². The summed E-state index contributed by atoms with van der Waals surface area (Å²) >= 11 is 0. The van der Waals surface area contributed by atoms with Gasteiger partial charge in [0.15, 0.2) is 5.58 Å². The summed E-state index contributed by atoms with van der Waals surface area (Å²) in [6, 6.07) is 10.6. The van der Waals surface area contributed by atoms with Crippen molar-refractivity contribution in [2.75, 3.05) is 5.32 Å². The second-order valence-corrected chi connectivity index (χ2v) is 5.95. The summed E-state index contributed by atoms with van der Waals surface area (Å²) in [5.74, 6) is -0.785. The summed E-state index contributed by atoms with van der Waals surface area (Å²) in [6.07, 6.45) is 0. The fourth-order valence-electron chi connectivity index (χ4n) is 2.61. The van der Waals surface area contributed by atoms with E-state index in [1.807, 2.05) is 13.8 Å². The van der Waals surface area contributed by atoms with Crippen LogP contribution in [0.15, 0.2) is 51.7 Å². The molecule has 3 aromatic rings. The first-order chi connectivity index (χ1) is 11.9. The predicted molar refractivity (Wildman–Crippen MR) is 93.1 cm³/mol. The molecule has 2 N–H and O–H groups in total. The molecule has 0 bridgehead atoms. The molecular formula is C18H18FN3O3. The van der Waals surface area contributed by atoms with Crippen LogP contribution < -0.4 is 16.4 Å². The SMILES string of the molecule is CC(C)n1c(=O)oc2cc(NC(=O)NCc3cccc(F)c3)ccc21. The maximum Gasteiger partial charge on any atom is 0.420 e. The molecule has 1 aromatic heterocycles. The number of oxazole rings is 1. The number of amides is 2. The smallest absolute Gasteiger partial charge is 0.408 e. The van der Waals surface area contributed by atoms with E-state index < -0.39 is 11.8 Å². The number of hydrogen-bond donors (Lipinski definition) is 2. The quantitative estimate of drug-likeness (QED) is 0.759. The van der Waals surface area contributed by atoms with Crippen LogP contribution in [0, 0.1) is 5.82 Å². The second-order valence-electron chi connectivity index (χ2n) is 5.95. The van der Waals surface area contributed by atoms with Gasteiger partial charge in [-0.1, -0.05) is 12.1 Å². The summed E-state index contributed by atoms with van der Waals surface area (Å²) in [5, 5.41) is 5.31. The number of benzene rings is 2. The van der Waals surface area contributed by atoms with E-state index in [-0.39, 0.29) is 18.4 Å². The van der Waals surface area contributed by atoms with Crippen molar-refractivity contribution in [3.8, 4) is 0 Å². The van der Waals surface area contributed by atoms with Crippen molar-refractivity contribution in [1.29, 1.82) is 0 Å². The van der Waals surface area contributed by atoms with Crippen molar-refractivity contribution in [3.63, 3.8) is 0 Å². The Kier molecular flexibility index (Phi) is 4.56. The normalized spacial score (nSPS) is 11.0. The van der Waals surface area contributed by atoms with Crippen LogP contribution in [0.3, 0.4) is 0 Å². The van der Waals surface area contributed by atoms with Crippen molar-refractivity contribution in [2.45, 2.75) is 26.4 Å². The molecule has 2 aromatic carbocycles. The third-order valence-electron chi connectivity index (χ3n) is 3.73. The lowest BCUT2D eigenvalue weighted by molar-refractivity contribution is 0.251. The number of halogens is 1. The van der Waals surface area contributed by atoms with E-state index in [0.29, 0.717) is 22.4 Å². The first-order valence-corrected chi connectivity index (χ1v) is 7.88. The van der Waals surface area contributed by atoms with Crippen molar-refractivity contribution in [2.24, 2.45) is 0 Å². The third kappa shape index (κ3) is 3.71. The molecule has 7 heteroatoms. The molecule has 0 saturated carbocycles. The number of carbonyl (C=O) groups excluding carboxylic acids is 1. The van der Waals surface area contributed by atoms with Gasteiger partial charge in [0.05, 0.1) is 5.52 Å². The maximum absolute atomic E-state index is 13.1. The number of anilines is 1. The minimum atomic E-state index is -0.436. The number of nitrogens with one attached hydrogen (secondary N) is 2. The average molecular weight is 343 g/mol. The lowest BCUT2D eigenvalue weighted by Gasteiger charge is -2.08. The Morgan fingerprint density at radius 3 is 2.76 bits per heavy atom. The average Bonchev–Trinajstić information content (AvgIpc) is 2.88. The van der Waals surface area contributed by atoms with Crippen LogP contribution in [-0.2, 0) is 6.54 Å². The van der Waals surface area contributed by atoms with E-state index in [0.717, 1.165) is 0 Å². The van der Waals surface area contributed by atoms with Crippen molar-refractivity contribution < 1.29 is 13.6 Å². The van der Waals surface area contributed by atoms with Crippen LogP contribution in [0.25, 0.3) is 11.1 Å². The van der Waals surface area contributed by atoms with E-state index in [1.54, 1.807) is 34.9 Å². The first-order valence-electron chi connectivity index (χ1n) is 7.88. The van der Waals surface area contributed by atoms with Crippen molar-refractivity contribution in [1.82, 2.24) is 9.88 Å². The Labute approximate surface area is 143 Å². The van der Waals surface area contributed by atoms with Gasteiger partial charge in [-0.25, -0.2) is 14.0 Å². The molecule has 0 aliphatic rings. The van der Waals surface area contributed by atoms with Gasteiger partial charge in [-0.3, -0.25) is 4.57 Å². The Bertz CT molecular complexity index is 975. The van der Waals surface area contributed by atoms with E-state index in [1.165, 1.54) is 12.1 Å². The number of hydrogen-bond acceptors (Lipinski definition) is 3. The van der Waals surface area contributed by atoms with Crippen LogP contribution in [0.2, 0.25) is 0 Å². The fourth-order valence-corrected chi connectivity index (χ4v) is 2.61. The zero-order valence-electron chi connectivity index (χ0n) is 13.9. The highest BCUT2D eigenvalue weighted by atomic mass is 19.1. The number of urea groups is 1. The number of fused-ring (bicyclic) bond motifs is 1. The number of aromatic nitrogens is 1. The molecule has 0 fully saturated rings. The van der Waals surface area contributed by atoms with Gasteiger partial charge in [0.1, 0.15) is 5.82 Å². The molecule has 2 amide bonds. The molecule has 130 valence electrons. The molecule has 3 rings (SSSR count). The summed E-state index contributed by atoms with van der Waals surface area (Å²) in [5.41, 5.74) is 2.23. The number of carbonyl (C=O) groups is 1. The monoisotopic (exact) mass is 343 g/mol. The van der Waals surface area contributed by atoms with Gasteiger partial charge in [0.25, 0.3) is 0 Å². The minimum Gasteiger partial charge on any atom is -0.408 e. The molecule has 0 atom stereocenters. The molecule has 0 aliphatic heterocycles. The molecule has 6 nitrogen and oxygen atoms in total. The van der Waals surface area contributed by atoms with Gasteiger partial charge in [-0.05, 0) is 43.7 Å². The van der Waals surface area contributed by atoms with Crippen LogP contribution in [0.5, 0.6) is 0 Å². The van der Waals surface area contributed by atoms with Crippen LogP contribution in [0.4, 0.5) is 14.9 Å². The Morgan fingerprint density at radius 1 is 1.24 bits per heavy atom. The fraction of sp³-hybridized carbons (Fsp3) is 0.222. The zero-order valence-corrected chi connectivity index (χ0v) is 13.9. The molecule has 0 unspecified atom stereocenters. The molecule has 1 heterocycles. The minimum absolute atomic E-state index is 0.0258. The topological polar surface area (TPSA) is 76.3 Å². The summed E-state index contributed by atoms with van der Waals surface area (Å²) < 4.78 is 19.9. The van der Waals surface area contributed by atoms with E-state index in [9.17, 15) is 14.0 Å². The molecule has 0 radical (unpaired) electrons. The van der Waals surface area contributed by atoms with Crippen molar-refractivity contribution >= 4 is 22.8 Å². The lowest BCUT2D eigenvalue weighted by atomic mass is 10.2. The predicted octanol–water partition coefficient (Wildman–Crippen LogP) is 3.64. The standard InChI is InChI=1S/C18H18FN3O3/c1-11(2)22-15-7-6-14(9-16(15)25-18(22)24)21-17(23)20-10-12-4-3-5-13(19)8-12/h3-9,11H,10H2,1-2H3,(H2,20,21,23). The molecule has 0 spiro atoms. The lowest BCUT2D eigenvalue weighted by Crippen LogP contribution is -2.28. The van der Waals surface area contributed by atoms with Crippen LogP contribution >= 0.6 is 0 Å². The number of rotatable bonds is 4. The summed E-state index contributed by atoms with van der Waals surface area (Å²) in [4.78, 5) is 23.8. The first kappa shape index (κ1) is 16.8. The molecular weight excluding hydrogens is 325 g/mol.